The Morgan fingerprint density at radius 1 is 1.23 bits per heavy atom. The molecule has 40 heavy (non-hydrogen) atoms. The lowest BCUT2D eigenvalue weighted by molar-refractivity contribution is -0.141. The fraction of sp³-hybridized carbons (Fsp3) is 0.423. The Labute approximate surface area is 227 Å². The van der Waals surface area contributed by atoms with Gasteiger partial charge in [0.05, 0.1) is 30.1 Å². The van der Waals surface area contributed by atoms with Crippen molar-refractivity contribution in [3.05, 3.63) is 48.3 Å². The van der Waals surface area contributed by atoms with Crippen LogP contribution in [-0.2, 0) is 15.7 Å². The highest BCUT2D eigenvalue weighted by Crippen LogP contribution is 2.40. The van der Waals surface area contributed by atoms with Crippen molar-refractivity contribution in [2.45, 2.75) is 44.4 Å². The average molecular weight is 558 g/mol. The van der Waals surface area contributed by atoms with E-state index in [0.29, 0.717) is 37.6 Å². The number of urea groups is 1. The second-order valence-corrected chi connectivity index (χ2v) is 10.1. The van der Waals surface area contributed by atoms with Gasteiger partial charge in [0.15, 0.2) is 17.4 Å². The molecule has 2 saturated heterocycles. The van der Waals surface area contributed by atoms with Crippen LogP contribution in [0.1, 0.15) is 25.8 Å². The highest BCUT2D eigenvalue weighted by Gasteiger charge is 2.41. The minimum atomic E-state index is -4.51. The number of carbonyl (C=O) groups is 1. The standard InChI is InChI=1S/C26H26F3N7O4/c1-25(2)39-14-18(40-25)13-38-20-6-8-30-23(32-20)34-24(37)36-17-7-9-35(12-17)19-11-31-21(33-22(19)36)15-4-3-5-16(10-15)26(27,28)29/h3-6,8,10-11,17-18H,7,9,12-14H2,1-2H3,(H,30,32,34,37)/t17?,18-/m0/s1. The fourth-order valence-electron chi connectivity index (χ4n) is 5.01. The minimum Gasteiger partial charge on any atom is -0.475 e. The molecule has 0 saturated carbocycles. The number of rotatable bonds is 5. The first kappa shape index (κ1) is 26.2. The van der Waals surface area contributed by atoms with Gasteiger partial charge in [-0.25, -0.2) is 19.7 Å². The number of anilines is 3. The van der Waals surface area contributed by atoms with E-state index in [1.165, 1.54) is 23.2 Å². The van der Waals surface area contributed by atoms with Crippen LogP contribution in [0.3, 0.4) is 0 Å². The maximum Gasteiger partial charge on any atom is 0.416 e. The summed E-state index contributed by atoms with van der Waals surface area (Å²) in [5, 5.41) is 2.71. The molecule has 2 fully saturated rings. The highest BCUT2D eigenvalue weighted by molar-refractivity contribution is 6.03. The Morgan fingerprint density at radius 2 is 2.08 bits per heavy atom. The summed E-state index contributed by atoms with van der Waals surface area (Å²) >= 11 is 0. The van der Waals surface area contributed by atoms with Gasteiger partial charge in [-0.05, 0) is 32.4 Å². The summed E-state index contributed by atoms with van der Waals surface area (Å²) < 4.78 is 56.9. The van der Waals surface area contributed by atoms with Gasteiger partial charge in [0.2, 0.25) is 11.8 Å². The number of benzene rings is 1. The molecule has 2 aromatic heterocycles. The van der Waals surface area contributed by atoms with E-state index in [1.807, 2.05) is 13.8 Å². The van der Waals surface area contributed by atoms with Crippen LogP contribution in [0, 0.1) is 0 Å². The first-order valence-corrected chi connectivity index (χ1v) is 12.7. The van der Waals surface area contributed by atoms with Crippen molar-refractivity contribution in [3.63, 3.8) is 0 Å². The number of amides is 2. The number of nitrogens with zero attached hydrogens (tertiary/aromatic N) is 6. The van der Waals surface area contributed by atoms with E-state index >= 15 is 0 Å². The molecule has 2 bridgehead atoms. The zero-order chi connectivity index (χ0) is 28.1. The predicted molar refractivity (Wildman–Crippen MR) is 137 cm³/mol. The molecule has 11 nitrogen and oxygen atoms in total. The Bertz CT molecular complexity index is 1440. The molecule has 2 atom stereocenters. The van der Waals surface area contributed by atoms with E-state index in [1.54, 1.807) is 12.3 Å². The molecule has 1 unspecified atom stereocenters. The fourth-order valence-corrected chi connectivity index (χ4v) is 5.01. The van der Waals surface area contributed by atoms with Gasteiger partial charge in [-0.15, -0.1) is 0 Å². The molecule has 14 heteroatoms. The molecule has 0 aliphatic carbocycles. The summed E-state index contributed by atoms with van der Waals surface area (Å²) in [5.41, 5.74) is 0.0122. The van der Waals surface area contributed by atoms with Gasteiger partial charge in [-0.2, -0.15) is 18.2 Å². The van der Waals surface area contributed by atoms with Crippen molar-refractivity contribution in [3.8, 4) is 17.3 Å². The summed E-state index contributed by atoms with van der Waals surface area (Å²) in [4.78, 5) is 34.4. The Hall–Kier alpha value is -4.04. The van der Waals surface area contributed by atoms with E-state index in [0.717, 1.165) is 12.1 Å². The van der Waals surface area contributed by atoms with Gasteiger partial charge in [-0.3, -0.25) is 10.2 Å². The van der Waals surface area contributed by atoms with Gasteiger partial charge in [0.1, 0.15) is 12.7 Å². The number of fused-ring (bicyclic) bond motifs is 4. The molecule has 3 aliphatic rings. The van der Waals surface area contributed by atoms with Gasteiger partial charge in [0.25, 0.3) is 0 Å². The number of nitrogens with one attached hydrogen (secondary N) is 1. The van der Waals surface area contributed by atoms with Gasteiger partial charge < -0.3 is 19.1 Å². The molecule has 210 valence electrons. The first-order valence-electron chi connectivity index (χ1n) is 12.7. The number of hydrogen-bond acceptors (Lipinski definition) is 9. The Kier molecular flexibility index (Phi) is 6.45. The third kappa shape index (κ3) is 5.23. The van der Waals surface area contributed by atoms with E-state index in [-0.39, 0.29) is 42.0 Å². The molecular weight excluding hydrogens is 531 g/mol. The van der Waals surface area contributed by atoms with Crippen LogP contribution in [0.4, 0.5) is 35.4 Å². The van der Waals surface area contributed by atoms with Crippen LogP contribution in [-0.4, -0.2) is 70.2 Å². The number of ether oxygens (including phenoxy) is 3. The van der Waals surface area contributed by atoms with E-state index < -0.39 is 23.6 Å². The van der Waals surface area contributed by atoms with Crippen LogP contribution < -0.4 is 19.9 Å². The van der Waals surface area contributed by atoms with Crippen LogP contribution in [0.25, 0.3) is 11.4 Å². The predicted octanol–water partition coefficient (Wildman–Crippen LogP) is 4.11. The topological polar surface area (TPSA) is 115 Å². The molecule has 5 heterocycles. The van der Waals surface area contributed by atoms with Crippen LogP contribution in [0.2, 0.25) is 0 Å². The number of alkyl halides is 3. The molecule has 1 N–H and O–H groups in total. The van der Waals surface area contributed by atoms with Crippen molar-refractivity contribution >= 4 is 23.5 Å². The average Bonchev–Trinajstić information content (AvgIpc) is 3.50. The normalized spacial score (nSPS) is 21.3. The lowest BCUT2D eigenvalue weighted by Gasteiger charge is -2.35. The second-order valence-electron chi connectivity index (χ2n) is 10.1. The van der Waals surface area contributed by atoms with Crippen LogP contribution in [0.5, 0.6) is 5.88 Å². The summed E-state index contributed by atoms with van der Waals surface area (Å²) in [7, 11) is 0. The smallest absolute Gasteiger partial charge is 0.416 e. The lowest BCUT2D eigenvalue weighted by atomic mass is 10.1. The van der Waals surface area contributed by atoms with Crippen LogP contribution >= 0.6 is 0 Å². The number of aromatic nitrogens is 4. The molecule has 3 aromatic rings. The second kappa shape index (κ2) is 9.86. The first-order chi connectivity index (χ1) is 19.1. The lowest BCUT2D eigenvalue weighted by Crippen LogP contribution is -2.48. The van der Waals surface area contributed by atoms with Gasteiger partial charge in [-0.1, -0.05) is 12.1 Å². The summed E-state index contributed by atoms with van der Waals surface area (Å²) in [6.07, 6.45) is -1.08. The number of halogens is 3. The quantitative estimate of drug-likeness (QED) is 0.495. The maximum absolute atomic E-state index is 13.5. The molecular formula is C26H26F3N7O4. The number of carbonyl (C=O) groups excluding carboxylic acids is 1. The maximum atomic E-state index is 13.5. The highest BCUT2D eigenvalue weighted by atomic mass is 19.4. The monoisotopic (exact) mass is 557 g/mol. The van der Waals surface area contributed by atoms with Crippen molar-refractivity contribution < 1.29 is 32.2 Å². The van der Waals surface area contributed by atoms with Crippen molar-refractivity contribution in [2.75, 3.05) is 41.4 Å². The van der Waals surface area contributed by atoms with Crippen molar-refractivity contribution in [1.82, 2.24) is 19.9 Å². The van der Waals surface area contributed by atoms with E-state index in [2.05, 4.69) is 30.2 Å². The van der Waals surface area contributed by atoms with E-state index in [4.69, 9.17) is 14.2 Å². The SMILES string of the molecule is CC1(C)OC[C@H](COc2ccnc(NC(=O)N3c4nc(-c5cccc(C(F)(F)F)c5)ncc4N4CCC3C4)n2)O1. The Balaban J connectivity index is 1.22. The summed E-state index contributed by atoms with van der Waals surface area (Å²) in [6, 6.07) is 5.64. The third-order valence-electron chi connectivity index (χ3n) is 6.85. The molecule has 0 spiro atoms. The molecule has 6 rings (SSSR count). The zero-order valence-electron chi connectivity index (χ0n) is 21.7. The Morgan fingerprint density at radius 3 is 2.85 bits per heavy atom. The molecule has 1 aromatic carbocycles. The molecule has 3 aliphatic heterocycles. The van der Waals surface area contributed by atoms with E-state index in [9.17, 15) is 18.0 Å². The van der Waals surface area contributed by atoms with Gasteiger partial charge >= 0.3 is 12.2 Å². The number of hydrogen-bond donors (Lipinski definition) is 1. The largest absolute Gasteiger partial charge is 0.475 e. The summed E-state index contributed by atoms with van der Waals surface area (Å²) in [6.45, 7) is 5.51. The summed E-state index contributed by atoms with van der Waals surface area (Å²) in [5.74, 6) is -0.0104. The van der Waals surface area contributed by atoms with Crippen molar-refractivity contribution in [2.24, 2.45) is 0 Å². The molecule has 0 radical (unpaired) electrons. The third-order valence-corrected chi connectivity index (χ3v) is 6.85. The molecule has 2 amide bonds. The van der Waals surface area contributed by atoms with Crippen molar-refractivity contribution in [1.29, 1.82) is 0 Å². The minimum absolute atomic E-state index is 0.0283. The zero-order valence-corrected chi connectivity index (χ0v) is 21.7. The van der Waals surface area contributed by atoms with Gasteiger partial charge in [0, 0.05) is 30.9 Å². The van der Waals surface area contributed by atoms with Crippen LogP contribution in [0.15, 0.2) is 42.7 Å².